The third-order valence-electron chi connectivity index (χ3n) is 2.06. The Kier molecular flexibility index (Phi) is 3.22. The first kappa shape index (κ1) is 11.4. The highest BCUT2D eigenvalue weighted by Crippen LogP contribution is 2.15. The van der Waals surface area contributed by atoms with Crippen molar-refractivity contribution >= 4 is 17.5 Å². The SMILES string of the molecule is Cc1nc(N)nc(Cl)c1C#Cc1cccnc1. The van der Waals surface area contributed by atoms with Crippen molar-refractivity contribution < 1.29 is 0 Å². The van der Waals surface area contributed by atoms with Crippen LogP contribution in [0.5, 0.6) is 0 Å². The van der Waals surface area contributed by atoms with Crippen molar-refractivity contribution in [1.29, 1.82) is 0 Å². The maximum absolute atomic E-state index is 5.95. The van der Waals surface area contributed by atoms with E-state index in [4.69, 9.17) is 17.3 Å². The Bertz CT molecular complexity index is 576. The van der Waals surface area contributed by atoms with Crippen LogP contribution < -0.4 is 5.73 Å². The Morgan fingerprint density at radius 3 is 2.76 bits per heavy atom. The van der Waals surface area contributed by atoms with Crippen LogP contribution in [0.1, 0.15) is 16.8 Å². The van der Waals surface area contributed by atoms with Crippen LogP contribution in [-0.2, 0) is 0 Å². The molecule has 0 spiro atoms. The van der Waals surface area contributed by atoms with E-state index in [0.717, 1.165) is 5.56 Å². The van der Waals surface area contributed by atoms with Gasteiger partial charge in [0.15, 0.2) is 5.15 Å². The first-order valence-corrected chi connectivity index (χ1v) is 5.26. The predicted octanol–water partition coefficient (Wildman–Crippen LogP) is 1.82. The molecule has 2 heterocycles. The molecule has 17 heavy (non-hydrogen) atoms. The highest BCUT2D eigenvalue weighted by Gasteiger charge is 2.05. The average molecular weight is 245 g/mol. The molecule has 0 fully saturated rings. The number of nitrogens with two attached hydrogens (primary N) is 1. The normalized spacial score (nSPS) is 9.53. The number of rotatable bonds is 0. The summed E-state index contributed by atoms with van der Waals surface area (Å²) in [6.07, 6.45) is 3.37. The van der Waals surface area contributed by atoms with E-state index in [1.807, 2.05) is 12.1 Å². The van der Waals surface area contributed by atoms with E-state index in [1.54, 1.807) is 19.3 Å². The molecule has 0 aromatic carbocycles. The summed E-state index contributed by atoms with van der Waals surface area (Å²) in [6.45, 7) is 1.79. The van der Waals surface area contributed by atoms with Crippen molar-refractivity contribution in [3.63, 3.8) is 0 Å². The van der Waals surface area contributed by atoms with Crippen LogP contribution in [0.2, 0.25) is 5.15 Å². The maximum atomic E-state index is 5.95. The minimum Gasteiger partial charge on any atom is -0.368 e. The van der Waals surface area contributed by atoms with E-state index in [1.165, 1.54) is 0 Å². The quantitative estimate of drug-likeness (QED) is 0.567. The lowest BCUT2D eigenvalue weighted by molar-refractivity contribution is 1.11. The molecule has 0 atom stereocenters. The number of aryl methyl sites for hydroxylation is 1. The zero-order valence-corrected chi connectivity index (χ0v) is 9.86. The topological polar surface area (TPSA) is 64.7 Å². The number of nitrogens with zero attached hydrogens (tertiary/aromatic N) is 3. The smallest absolute Gasteiger partial charge is 0.221 e. The van der Waals surface area contributed by atoms with Crippen molar-refractivity contribution in [1.82, 2.24) is 15.0 Å². The summed E-state index contributed by atoms with van der Waals surface area (Å²) in [5, 5.41) is 0.270. The van der Waals surface area contributed by atoms with Gasteiger partial charge in [-0.15, -0.1) is 0 Å². The summed E-state index contributed by atoms with van der Waals surface area (Å²) >= 11 is 5.95. The molecule has 0 radical (unpaired) electrons. The summed E-state index contributed by atoms with van der Waals surface area (Å²) in [7, 11) is 0. The molecule has 0 bridgehead atoms. The third-order valence-corrected chi connectivity index (χ3v) is 2.33. The zero-order chi connectivity index (χ0) is 12.3. The van der Waals surface area contributed by atoms with Gasteiger partial charge in [-0.05, 0) is 19.1 Å². The monoisotopic (exact) mass is 244 g/mol. The molecular formula is C12H9ClN4. The third kappa shape index (κ3) is 2.71. The van der Waals surface area contributed by atoms with E-state index in [0.29, 0.717) is 11.3 Å². The Balaban J connectivity index is 2.41. The molecule has 0 aliphatic carbocycles. The van der Waals surface area contributed by atoms with E-state index in [2.05, 4.69) is 26.8 Å². The van der Waals surface area contributed by atoms with Gasteiger partial charge in [0.05, 0.1) is 11.3 Å². The lowest BCUT2D eigenvalue weighted by Gasteiger charge is -2.00. The van der Waals surface area contributed by atoms with Crippen LogP contribution >= 0.6 is 11.6 Å². The Hall–Kier alpha value is -2.12. The number of aromatic nitrogens is 3. The molecule has 4 nitrogen and oxygen atoms in total. The highest BCUT2D eigenvalue weighted by molar-refractivity contribution is 6.30. The van der Waals surface area contributed by atoms with Gasteiger partial charge in [0, 0.05) is 18.0 Å². The first-order valence-electron chi connectivity index (χ1n) is 4.88. The molecule has 5 heteroatoms. The lowest BCUT2D eigenvalue weighted by Crippen LogP contribution is -2.00. The predicted molar refractivity (Wildman–Crippen MR) is 66.4 cm³/mol. The van der Waals surface area contributed by atoms with Crippen LogP contribution in [-0.4, -0.2) is 15.0 Å². The van der Waals surface area contributed by atoms with Gasteiger partial charge in [-0.1, -0.05) is 23.4 Å². The first-order chi connectivity index (χ1) is 8.16. The van der Waals surface area contributed by atoms with Crippen LogP contribution in [0.3, 0.4) is 0 Å². The Morgan fingerprint density at radius 2 is 2.12 bits per heavy atom. The number of hydrogen-bond acceptors (Lipinski definition) is 4. The van der Waals surface area contributed by atoms with E-state index in [9.17, 15) is 0 Å². The molecule has 2 aromatic heterocycles. The van der Waals surface area contributed by atoms with Gasteiger partial charge in [-0.2, -0.15) is 4.98 Å². The van der Waals surface area contributed by atoms with Crippen molar-refractivity contribution in [2.75, 3.05) is 5.73 Å². The van der Waals surface area contributed by atoms with E-state index in [-0.39, 0.29) is 11.1 Å². The van der Waals surface area contributed by atoms with Gasteiger partial charge in [0.2, 0.25) is 5.95 Å². The van der Waals surface area contributed by atoms with Gasteiger partial charge >= 0.3 is 0 Å². The molecule has 2 rings (SSSR count). The summed E-state index contributed by atoms with van der Waals surface area (Å²) < 4.78 is 0. The summed E-state index contributed by atoms with van der Waals surface area (Å²) in [4.78, 5) is 11.8. The molecule has 0 saturated carbocycles. The lowest BCUT2D eigenvalue weighted by atomic mass is 10.2. The Morgan fingerprint density at radius 1 is 1.29 bits per heavy atom. The fourth-order valence-electron chi connectivity index (χ4n) is 1.27. The summed E-state index contributed by atoms with van der Waals surface area (Å²) in [5.74, 6) is 6.02. The molecule has 0 amide bonds. The van der Waals surface area contributed by atoms with Crippen molar-refractivity contribution in [3.05, 3.63) is 46.5 Å². The number of pyridine rings is 1. The van der Waals surface area contributed by atoms with Gasteiger partial charge in [-0.25, -0.2) is 4.98 Å². The van der Waals surface area contributed by atoms with Crippen molar-refractivity contribution in [3.8, 4) is 11.8 Å². The van der Waals surface area contributed by atoms with Crippen LogP contribution in [0.4, 0.5) is 5.95 Å². The fourth-order valence-corrected chi connectivity index (χ4v) is 1.54. The standard InChI is InChI=1S/C12H9ClN4/c1-8-10(11(13)17-12(14)16-8)5-4-9-3-2-6-15-7-9/h2-3,6-7H,1H3,(H2,14,16,17). The van der Waals surface area contributed by atoms with Gasteiger partial charge in [0.25, 0.3) is 0 Å². The number of halogens is 1. The molecule has 0 aliphatic heterocycles. The summed E-state index contributed by atoms with van der Waals surface area (Å²) in [5.41, 5.74) is 7.53. The van der Waals surface area contributed by atoms with Gasteiger partial charge < -0.3 is 5.73 Å². The molecule has 2 N–H and O–H groups in total. The van der Waals surface area contributed by atoms with Crippen LogP contribution in [0.15, 0.2) is 24.5 Å². The molecule has 84 valence electrons. The fraction of sp³-hybridized carbons (Fsp3) is 0.0833. The van der Waals surface area contributed by atoms with E-state index >= 15 is 0 Å². The van der Waals surface area contributed by atoms with E-state index < -0.39 is 0 Å². The second-order valence-corrected chi connectivity index (χ2v) is 3.68. The van der Waals surface area contributed by atoms with Gasteiger partial charge in [-0.3, -0.25) is 4.98 Å². The highest BCUT2D eigenvalue weighted by atomic mass is 35.5. The molecular weight excluding hydrogens is 236 g/mol. The zero-order valence-electron chi connectivity index (χ0n) is 9.11. The van der Waals surface area contributed by atoms with Crippen LogP contribution in [0.25, 0.3) is 0 Å². The van der Waals surface area contributed by atoms with Gasteiger partial charge in [0.1, 0.15) is 0 Å². The number of hydrogen-bond donors (Lipinski definition) is 1. The number of anilines is 1. The average Bonchev–Trinajstić information content (AvgIpc) is 2.29. The molecule has 0 unspecified atom stereocenters. The molecule has 2 aromatic rings. The minimum absolute atomic E-state index is 0.152. The van der Waals surface area contributed by atoms with Crippen molar-refractivity contribution in [2.24, 2.45) is 0 Å². The van der Waals surface area contributed by atoms with Crippen molar-refractivity contribution in [2.45, 2.75) is 6.92 Å². The largest absolute Gasteiger partial charge is 0.368 e. The maximum Gasteiger partial charge on any atom is 0.221 e. The number of nitrogen functional groups attached to an aromatic ring is 1. The molecule has 0 saturated heterocycles. The summed E-state index contributed by atoms with van der Waals surface area (Å²) in [6, 6.07) is 3.68. The second kappa shape index (κ2) is 4.81. The Labute approximate surface area is 104 Å². The van der Waals surface area contributed by atoms with Crippen LogP contribution in [0, 0.1) is 18.8 Å². The minimum atomic E-state index is 0.152. The second-order valence-electron chi connectivity index (χ2n) is 3.32. The molecule has 0 aliphatic rings.